The molecular formula is C16H20FN3O. The molecule has 1 unspecified atom stereocenters. The highest BCUT2D eigenvalue weighted by Gasteiger charge is 2.24. The predicted molar refractivity (Wildman–Crippen MR) is 80.7 cm³/mol. The van der Waals surface area contributed by atoms with Crippen molar-refractivity contribution in [1.82, 2.24) is 4.90 Å². The van der Waals surface area contributed by atoms with Gasteiger partial charge in [-0.25, -0.2) is 4.39 Å². The molecule has 4 nitrogen and oxygen atoms in total. The van der Waals surface area contributed by atoms with Gasteiger partial charge in [0.25, 0.3) is 0 Å². The number of benzene rings is 1. The molecule has 1 aromatic carbocycles. The summed E-state index contributed by atoms with van der Waals surface area (Å²) in [5, 5.41) is 0. The summed E-state index contributed by atoms with van der Waals surface area (Å²) in [7, 11) is 0. The molecule has 1 aliphatic heterocycles. The van der Waals surface area contributed by atoms with Gasteiger partial charge in [0.2, 0.25) is 0 Å². The van der Waals surface area contributed by atoms with Crippen molar-refractivity contribution < 1.29 is 8.81 Å². The fourth-order valence-corrected chi connectivity index (χ4v) is 2.90. The number of hydrogen-bond acceptors (Lipinski definition) is 4. The summed E-state index contributed by atoms with van der Waals surface area (Å²) in [6.45, 7) is 4.28. The van der Waals surface area contributed by atoms with Crippen LogP contribution < -0.4 is 10.6 Å². The number of anilines is 1. The third-order valence-corrected chi connectivity index (χ3v) is 4.10. The molecule has 2 heterocycles. The average Bonchev–Trinajstić information content (AvgIpc) is 3.04. The van der Waals surface area contributed by atoms with E-state index in [1.807, 2.05) is 18.2 Å². The molecule has 1 aromatic heterocycles. The zero-order valence-corrected chi connectivity index (χ0v) is 11.9. The molecule has 2 aromatic rings. The van der Waals surface area contributed by atoms with Crippen LogP contribution in [0.5, 0.6) is 0 Å². The maximum atomic E-state index is 13.0. The zero-order chi connectivity index (χ0) is 14.7. The molecule has 0 spiro atoms. The van der Waals surface area contributed by atoms with E-state index >= 15 is 0 Å². The lowest BCUT2D eigenvalue weighted by Crippen LogP contribution is -2.49. The molecule has 1 saturated heterocycles. The SMILES string of the molecule is NCC(c1ccoc1)N1CCN(c2ccc(F)cc2)CC1. The van der Waals surface area contributed by atoms with E-state index in [2.05, 4.69) is 9.80 Å². The largest absolute Gasteiger partial charge is 0.472 e. The topological polar surface area (TPSA) is 45.6 Å². The monoisotopic (exact) mass is 289 g/mol. The lowest BCUT2D eigenvalue weighted by atomic mass is 10.1. The molecule has 21 heavy (non-hydrogen) atoms. The second kappa shape index (κ2) is 6.28. The van der Waals surface area contributed by atoms with Gasteiger partial charge in [0.05, 0.1) is 18.6 Å². The summed E-state index contributed by atoms with van der Waals surface area (Å²) < 4.78 is 18.1. The minimum atomic E-state index is -0.194. The predicted octanol–water partition coefficient (Wildman–Crippen LogP) is 2.24. The van der Waals surface area contributed by atoms with Gasteiger partial charge in [-0.3, -0.25) is 4.90 Å². The van der Waals surface area contributed by atoms with E-state index in [4.69, 9.17) is 10.2 Å². The molecule has 3 rings (SSSR count). The number of piperazine rings is 1. The van der Waals surface area contributed by atoms with Crippen LogP contribution in [0.25, 0.3) is 0 Å². The number of hydrogen-bond donors (Lipinski definition) is 1. The molecule has 1 atom stereocenters. The van der Waals surface area contributed by atoms with E-state index in [0.29, 0.717) is 6.54 Å². The second-order valence-corrected chi connectivity index (χ2v) is 5.31. The third kappa shape index (κ3) is 3.09. The second-order valence-electron chi connectivity index (χ2n) is 5.31. The molecule has 0 aliphatic carbocycles. The van der Waals surface area contributed by atoms with E-state index < -0.39 is 0 Å². The summed E-state index contributed by atoms with van der Waals surface area (Å²) in [6, 6.07) is 8.87. The molecule has 0 radical (unpaired) electrons. The van der Waals surface area contributed by atoms with Crippen LogP contribution in [0, 0.1) is 5.82 Å². The maximum Gasteiger partial charge on any atom is 0.123 e. The van der Waals surface area contributed by atoms with Gasteiger partial charge in [0, 0.05) is 44.0 Å². The van der Waals surface area contributed by atoms with Gasteiger partial charge in [0.1, 0.15) is 5.82 Å². The van der Waals surface area contributed by atoms with E-state index in [1.165, 1.54) is 12.1 Å². The van der Waals surface area contributed by atoms with Crippen molar-refractivity contribution in [2.24, 2.45) is 5.73 Å². The van der Waals surface area contributed by atoms with Gasteiger partial charge in [-0.1, -0.05) is 0 Å². The first-order valence-corrected chi connectivity index (χ1v) is 7.24. The standard InChI is InChI=1S/C16H20FN3O/c17-14-1-3-15(4-2-14)19-6-8-20(9-7-19)16(11-18)13-5-10-21-12-13/h1-5,10,12,16H,6-9,11,18H2. The summed E-state index contributed by atoms with van der Waals surface area (Å²) >= 11 is 0. The van der Waals surface area contributed by atoms with Crippen LogP contribution in [0.2, 0.25) is 0 Å². The molecule has 1 aliphatic rings. The summed E-state index contributed by atoms with van der Waals surface area (Å²) in [6.07, 6.45) is 3.45. The van der Waals surface area contributed by atoms with Gasteiger partial charge in [0.15, 0.2) is 0 Å². The number of halogens is 1. The molecule has 112 valence electrons. The van der Waals surface area contributed by atoms with Gasteiger partial charge in [-0.15, -0.1) is 0 Å². The maximum absolute atomic E-state index is 13.0. The Hall–Kier alpha value is -1.85. The van der Waals surface area contributed by atoms with Crippen molar-refractivity contribution in [3.8, 4) is 0 Å². The van der Waals surface area contributed by atoms with E-state index in [1.54, 1.807) is 12.5 Å². The van der Waals surface area contributed by atoms with E-state index in [0.717, 1.165) is 37.4 Å². The number of nitrogens with zero attached hydrogens (tertiary/aromatic N) is 2. The molecule has 1 fully saturated rings. The summed E-state index contributed by atoms with van der Waals surface area (Å²) in [4.78, 5) is 4.66. The number of furan rings is 1. The fourth-order valence-electron chi connectivity index (χ4n) is 2.90. The highest BCUT2D eigenvalue weighted by atomic mass is 19.1. The Morgan fingerprint density at radius 2 is 1.81 bits per heavy atom. The quantitative estimate of drug-likeness (QED) is 0.937. The first-order chi connectivity index (χ1) is 10.3. The van der Waals surface area contributed by atoms with Crippen molar-refractivity contribution in [2.75, 3.05) is 37.6 Å². The Bertz CT molecular complexity index is 547. The van der Waals surface area contributed by atoms with Gasteiger partial charge >= 0.3 is 0 Å². The van der Waals surface area contributed by atoms with Gasteiger partial charge in [-0.05, 0) is 30.3 Å². The molecule has 0 saturated carbocycles. The Labute approximate surface area is 123 Å². The summed E-state index contributed by atoms with van der Waals surface area (Å²) in [5.41, 5.74) is 8.12. The molecule has 2 N–H and O–H groups in total. The van der Waals surface area contributed by atoms with Crippen LogP contribution in [0.4, 0.5) is 10.1 Å². The van der Waals surface area contributed by atoms with Crippen LogP contribution in [0.15, 0.2) is 47.3 Å². The third-order valence-electron chi connectivity index (χ3n) is 4.10. The van der Waals surface area contributed by atoms with E-state index in [-0.39, 0.29) is 11.9 Å². The molecule has 0 bridgehead atoms. The number of rotatable bonds is 4. The van der Waals surface area contributed by atoms with Crippen LogP contribution in [-0.4, -0.2) is 37.6 Å². The Kier molecular flexibility index (Phi) is 4.22. The van der Waals surface area contributed by atoms with Crippen molar-refractivity contribution in [1.29, 1.82) is 0 Å². The average molecular weight is 289 g/mol. The lowest BCUT2D eigenvalue weighted by Gasteiger charge is -2.39. The van der Waals surface area contributed by atoms with Crippen molar-refractivity contribution in [2.45, 2.75) is 6.04 Å². The highest BCUT2D eigenvalue weighted by Crippen LogP contribution is 2.23. The lowest BCUT2D eigenvalue weighted by molar-refractivity contribution is 0.189. The molecular weight excluding hydrogens is 269 g/mol. The van der Waals surface area contributed by atoms with Crippen molar-refractivity contribution in [3.63, 3.8) is 0 Å². The minimum absolute atomic E-state index is 0.194. The normalized spacial score (nSPS) is 17.9. The first-order valence-electron chi connectivity index (χ1n) is 7.24. The Balaban J connectivity index is 1.63. The van der Waals surface area contributed by atoms with Crippen LogP contribution in [0.1, 0.15) is 11.6 Å². The van der Waals surface area contributed by atoms with Crippen molar-refractivity contribution in [3.05, 3.63) is 54.2 Å². The molecule has 5 heteroatoms. The smallest absolute Gasteiger partial charge is 0.123 e. The van der Waals surface area contributed by atoms with Crippen LogP contribution >= 0.6 is 0 Å². The number of nitrogens with two attached hydrogens (primary N) is 1. The summed E-state index contributed by atoms with van der Waals surface area (Å²) in [5.74, 6) is -0.194. The Morgan fingerprint density at radius 1 is 1.10 bits per heavy atom. The van der Waals surface area contributed by atoms with Crippen molar-refractivity contribution >= 4 is 5.69 Å². The Morgan fingerprint density at radius 3 is 2.38 bits per heavy atom. The molecule has 0 amide bonds. The van der Waals surface area contributed by atoms with E-state index in [9.17, 15) is 4.39 Å². The van der Waals surface area contributed by atoms with Crippen LogP contribution in [-0.2, 0) is 0 Å². The van der Waals surface area contributed by atoms with Gasteiger partial charge < -0.3 is 15.1 Å². The first kappa shape index (κ1) is 14.1. The fraction of sp³-hybridized carbons (Fsp3) is 0.375. The zero-order valence-electron chi connectivity index (χ0n) is 11.9. The highest BCUT2D eigenvalue weighted by molar-refractivity contribution is 5.46. The minimum Gasteiger partial charge on any atom is -0.472 e. The van der Waals surface area contributed by atoms with Gasteiger partial charge in [-0.2, -0.15) is 0 Å². The van der Waals surface area contributed by atoms with Crippen LogP contribution in [0.3, 0.4) is 0 Å².